The van der Waals surface area contributed by atoms with Crippen LogP contribution in [0.1, 0.15) is 26.5 Å². The van der Waals surface area contributed by atoms with E-state index in [9.17, 15) is 26.4 Å². The Labute approximate surface area is 180 Å². The second-order valence-electron chi connectivity index (χ2n) is 7.13. The van der Waals surface area contributed by atoms with Gasteiger partial charge in [0.1, 0.15) is 10.5 Å². The number of nitrogens with one attached hydrogen (secondary N) is 1. The summed E-state index contributed by atoms with van der Waals surface area (Å²) in [6, 6.07) is 9.44. The molecule has 0 unspecified atom stereocenters. The highest BCUT2D eigenvalue weighted by Crippen LogP contribution is 2.34. The number of rotatable bonds is 5. The summed E-state index contributed by atoms with van der Waals surface area (Å²) >= 11 is 0.853. The number of carbonyl (C=O) groups is 1. The summed E-state index contributed by atoms with van der Waals surface area (Å²) in [5.74, 6) is -0.820. The lowest BCUT2D eigenvalue weighted by Gasteiger charge is -2.19. The molecule has 1 amide bonds. The zero-order valence-electron chi connectivity index (χ0n) is 16.4. The van der Waals surface area contributed by atoms with E-state index in [2.05, 4.69) is 10.3 Å². The molecule has 3 heterocycles. The van der Waals surface area contributed by atoms with E-state index in [4.69, 9.17) is 0 Å². The van der Waals surface area contributed by atoms with E-state index < -0.39 is 27.8 Å². The summed E-state index contributed by atoms with van der Waals surface area (Å²) in [7, 11) is -3.62. The monoisotopic (exact) mass is 469 g/mol. The summed E-state index contributed by atoms with van der Waals surface area (Å²) in [6.45, 7) is 1.87. The molecule has 0 saturated heterocycles. The molecule has 4 rings (SSSR count). The number of nitrogens with zero attached hydrogens (tertiary/aromatic N) is 2. The third kappa shape index (κ3) is 4.11. The maximum Gasteiger partial charge on any atom is 0.433 e. The fourth-order valence-electron chi connectivity index (χ4n) is 3.55. The number of hydrogen-bond donors (Lipinski definition) is 1. The molecule has 1 aliphatic heterocycles. The fraction of sp³-hybridized carbons (Fsp3) is 0.300. The molecular weight excluding hydrogens is 451 g/mol. The maximum atomic E-state index is 12.9. The number of fused-ring (bicyclic) bond motifs is 2. The number of pyridine rings is 1. The molecule has 0 bridgehead atoms. The van der Waals surface area contributed by atoms with E-state index in [1.54, 1.807) is 19.1 Å². The number of halogens is 3. The molecule has 164 valence electrons. The first-order valence-corrected chi connectivity index (χ1v) is 11.8. The quantitative estimate of drug-likeness (QED) is 0.617. The van der Waals surface area contributed by atoms with Crippen LogP contribution in [0.5, 0.6) is 0 Å². The highest BCUT2D eigenvalue weighted by molar-refractivity contribution is 7.92. The van der Waals surface area contributed by atoms with Crippen LogP contribution < -0.4 is 9.62 Å². The van der Waals surface area contributed by atoms with Crippen LogP contribution in [0, 0.1) is 6.92 Å². The predicted octanol–water partition coefficient (Wildman–Crippen LogP) is 3.75. The van der Waals surface area contributed by atoms with E-state index in [0.29, 0.717) is 29.6 Å². The molecule has 0 spiro atoms. The van der Waals surface area contributed by atoms with Crippen LogP contribution in [-0.2, 0) is 22.6 Å². The van der Waals surface area contributed by atoms with Gasteiger partial charge in [0.25, 0.3) is 5.91 Å². The van der Waals surface area contributed by atoms with Gasteiger partial charge < -0.3 is 5.32 Å². The Morgan fingerprint density at radius 1 is 1.23 bits per heavy atom. The van der Waals surface area contributed by atoms with Crippen molar-refractivity contribution in [2.75, 3.05) is 23.1 Å². The van der Waals surface area contributed by atoms with E-state index in [1.807, 2.05) is 12.1 Å². The van der Waals surface area contributed by atoms with Gasteiger partial charge in [0.05, 0.1) is 16.3 Å². The molecule has 1 N–H and O–H groups in total. The van der Waals surface area contributed by atoms with Crippen molar-refractivity contribution in [3.8, 4) is 0 Å². The van der Waals surface area contributed by atoms with Gasteiger partial charge in [-0.15, -0.1) is 11.3 Å². The Hall–Kier alpha value is -2.66. The second kappa shape index (κ2) is 7.79. The van der Waals surface area contributed by atoms with Gasteiger partial charge in [-0.05, 0) is 42.7 Å². The Bertz CT molecular complexity index is 1270. The van der Waals surface area contributed by atoms with Gasteiger partial charge in [-0.2, -0.15) is 13.2 Å². The molecule has 3 aromatic rings. The third-order valence-electron chi connectivity index (χ3n) is 5.13. The molecule has 0 atom stereocenters. The normalized spacial score (nSPS) is 14.1. The first-order chi connectivity index (χ1) is 14.6. The second-order valence-corrected chi connectivity index (χ2v) is 10.1. The third-order valence-corrected chi connectivity index (χ3v) is 8.10. The van der Waals surface area contributed by atoms with Gasteiger partial charge in [0.15, 0.2) is 0 Å². The first-order valence-electron chi connectivity index (χ1n) is 9.42. The Morgan fingerprint density at radius 3 is 2.71 bits per heavy atom. The molecular formula is C20H18F3N3O3S2. The number of hydrogen-bond acceptors (Lipinski definition) is 5. The van der Waals surface area contributed by atoms with Crippen LogP contribution in [0.4, 0.5) is 18.9 Å². The predicted molar refractivity (Wildman–Crippen MR) is 113 cm³/mol. The minimum Gasteiger partial charge on any atom is -0.350 e. The highest BCUT2D eigenvalue weighted by atomic mass is 32.2. The van der Waals surface area contributed by atoms with Crippen LogP contribution in [-0.4, -0.2) is 38.2 Å². The number of sulfonamides is 1. The van der Waals surface area contributed by atoms with Crippen LogP contribution in [0.3, 0.4) is 0 Å². The first kappa shape index (κ1) is 21.6. The van der Waals surface area contributed by atoms with Crippen molar-refractivity contribution in [3.63, 3.8) is 0 Å². The summed E-state index contributed by atoms with van der Waals surface area (Å²) in [5, 5.41) is 3.03. The number of benzene rings is 1. The van der Waals surface area contributed by atoms with Crippen LogP contribution >= 0.6 is 11.3 Å². The Balaban J connectivity index is 1.46. The lowest BCUT2D eigenvalue weighted by Crippen LogP contribution is -2.36. The number of amides is 1. The molecule has 2 aromatic heterocycles. The molecule has 1 aromatic carbocycles. The van der Waals surface area contributed by atoms with Crippen molar-refractivity contribution in [2.45, 2.75) is 19.5 Å². The van der Waals surface area contributed by atoms with Crippen molar-refractivity contribution in [1.29, 1.82) is 0 Å². The number of carbonyl (C=O) groups excluding carboxylic acids is 1. The van der Waals surface area contributed by atoms with Crippen molar-refractivity contribution < 1.29 is 26.4 Å². The average Bonchev–Trinajstić information content (AvgIpc) is 3.29. The van der Waals surface area contributed by atoms with E-state index >= 15 is 0 Å². The van der Waals surface area contributed by atoms with Gasteiger partial charge in [-0.3, -0.25) is 9.10 Å². The molecule has 1 aliphatic rings. The summed E-state index contributed by atoms with van der Waals surface area (Å²) < 4.78 is 65.4. The smallest absolute Gasteiger partial charge is 0.350 e. The van der Waals surface area contributed by atoms with Gasteiger partial charge in [0, 0.05) is 18.5 Å². The summed E-state index contributed by atoms with van der Waals surface area (Å²) in [4.78, 5) is 16.5. The lowest BCUT2D eigenvalue weighted by molar-refractivity contribution is -0.140. The number of para-hydroxylation sites is 1. The molecule has 0 aliphatic carbocycles. The zero-order valence-corrected chi connectivity index (χ0v) is 18.0. The number of aryl methyl sites for hydroxylation is 1. The molecule has 0 fully saturated rings. The van der Waals surface area contributed by atoms with Crippen molar-refractivity contribution in [3.05, 3.63) is 58.1 Å². The zero-order chi connectivity index (χ0) is 22.4. The SMILES string of the molecule is Cc1c(C(=O)NCCS(=O)(=O)N2CCc3ccccc32)sc2nc(C(F)(F)F)ccc12. The molecule has 0 radical (unpaired) electrons. The minimum absolute atomic E-state index is 0.110. The number of aromatic nitrogens is 1. The van der Waals surface area contributed by atoms with Crippen molar-refractivity contribution in [2.24, 2.45) is 0 Å². The molecule has 0 saturated carbocycles. The van der Waals surface area contributed by atoms with Crippen molar-refractivity contribution >= 4 is 43.2 Å². The van der Waals surface area contributed by atoms with Gasteiger partial charge in [-0.25, -0.2) is 13.4 Å². The summed E-state index contributed by atoms with van der Waals surface area (Å²) in [6.07, 6.45) is -3.94. The average molecular weight is 470 g/mol. The van der Waals surface area contributed by atoms with E-state index in [1.165, 1.54) is 10.4 Å². The molecule has 6 nitrogen and oxygen atoms in total. The largest absolute Gasteiger partial charge is 0.433 e. The van der Waals surface area contributed by atoms with Gasteiger partial charge in [0.2, 0.25) is 10.0 Å². The minimum atomic E-state index is -4.57. The number of thiophene rings is 1. The lowest BCUT2D eigenvalue weighted by atomic mass is 10.2. The molecule has 11 heteroatoms. The number of alkyl halides is 3. The van der Waals surface area contributed by atoms with Crippen LogP contribution in [0.25, 0.3) is 10.2 Å². The number of anilines is 1. The van der Waals surface area contributed by atoms with Crippen LogP contribution in [0.2, 0.25) is 0 Å². The maximum absolute atomic E-state index is 12.9. The van der Waals surface area contributed by atoms with Crippen LogP contribution in [0.15, 0.2) is 36.4 Å². The Kier molecular flexibility index (Phi) is 5.42. The summed E-state index contributed by atoms with van der Waals surface area (Å²) in [5.41, 5.74) is 1.10. The van der Waals surface area contributed by atoms with E-state index in [0.717, 1.165) is 23.0 Å². The highest BCUT2D eigenvalue weighted by Gasteiger charge is 2.33. The molecule has 31 heavy (non-hydrogen) atoms. The van der Waals surface area contributed by atoms with Gasteiger partial charge in [-0.1, -0.05) is 18.2 Å². The standard InChI is InChI=1S/C20H18F3N3O3S2/c1-12-14-6-7-16(20(21,22)23)25-19(14)30-17(12)18(27)24-9-11-31(28,29)26-10-8-13-4-2-3-5-15(13)26/h2-7H,8-11H2,1H3,(H,24,27). The topological polar surface area (TPSA) is 79.4 Å². The van der Waals surface area contributed by atoms with Gasteiger partial charge >= 0.3 is 6.18 Å². The van der Waals surface area contributed by atoms with Crippen molar-refractivity contribution in [1.82, 2.24) is 10.3 Å². The Morgan fingerprint density at radius 2 is 1.97 bits per heavy atom. The van der Waals surface area contributed by atoms with E-state index in [-0.39, 0.29) is 22.0 Å². The fourth-order valence-corrected chi connectivity index (χ4v) is 6.08.